The van der Waals surface area contributed by atoms with Crippen LogP contribution in [0.3, 0.4) is 0 Å². The van der Waals surface area contributed by atoms with Gasteiger partial charge in [-0.25, -0.2) is 8.42 Å². The van der Waals surface area contributed by atoms with E-state index in [1.807, 2.05) is 19.9 Å². The van der Waals surface area contributed by atoms with E-state index in [0.29, 0.717) is 18.6 Å². The van der Waals surface area contributed by atoms with Gasteiger partial charge in [-0.05, 0) is 25.0 Å². The molecule has 0 aliphatic carbocycles. The lowest BCUT2D eigenvalue weighted by atomic mass is 10.2. The van der Waals surface area contributed by atoms with Crippen molar-refractivity contribution in [1.29, 1.82) is 0 Å². The molecule has 0 radical (unpaired) electrons. The zero-order chi connectivity index (χ0) is 19.6. The predicted molar refractivity (Wildman–Crippen MR) is 100 cm³/mol. The molecule has 8 heteroatoms. The highest BCUT2D eigenvalue weighted by atomic mass is 32.2. The molecule has 7 nitrogen and oxygen atoms in total. The summed E-state index contributed by atoms with van der Waals surface area (Å²) in [5.41, 5.74) is 5.29. The van der Waals surface area contributed by atoms with Gasteiger partial charge in [-0.1, -0.05) is 44.9 Å². The maximum Gasteiger partial charge on any atom is 0.258 e. The van der Waals surface area contributed by atoms with Crippen molar-refractivity contribution >= 4 is 21.7 Å². The maximum absolute atomic E-state index is 12.6. The van der Waals surface area contributed by atoms with Crippen molar-refractivity contribution in [2.45, 2.75) is 50.8 Å². The van der Waals surface area contributed by atoms with Crippen LogP contribution in [0.25, 0.3) is 0 Å². The number of ether oxygens (including phenoxy) is 1. The molecular weight excluding hydrogens is 356 g/mol. The highest BCUT2D eigenvalue weighted by Gasteiger charge is 2.31. The Hall–Kier alpha value is -2.09. The molecule has 1 atom stereocenters. The quantitative estimate of drug-likeness (QED) is 0.565. The summed E-state index contributed by atoms with van der Waals surface area (Å²) < 4.78 is 30.5. The van der Waals surface area contributed by atoms with Gasteiger partial charge in [0.05, 0.1) is 11.0 Å². The lowest BCUT2D eigenvalue weighted by Crippen LogP contribution is -2.51. The summed E-state index contributed by atoms with van der Waals surface area (Å²) in [5.74, 6) is -1.48. The number of carbonyl (C=O) groups excluding carboxylic acids is 2. The summed E-state index contributed by atoms with van der Waals surface area (Å²) in [4.78, 5) is 23.6. The number of hydrogen-bond donors (Lipinski definition) is 2. The minimum Gasteiger partial charge on any atom is -0.484 e. The molecule has 1 rings (SSSR count). The van der Waals surface area contributed by atoms with E-state index in [0.717, 1.165) is 12.8 Å². The van der Waals surface area contributed by atoms with Gasteiger partial charge in [0.25, 0.3) is 5.91 Å². The van der Waals surface area contributed by atoms with Crippen molar-refractivity contribution in [3.05, 3.63) is 30.3 Å². The van der Waals surface area contributed by atoms with Crippen LogP contribution < -0.4 is 15.8 Å². The predicted octanol–water partition coefficient (Wildman–Crippen LogP) is 1.42. The number of carbonyl (C=O) groups is 2. The van der Waals surface area contributed by atoms with Gasteiger partial charge in [0.1, 0.15) is 11.8 Å². The molecule has 1 aromatic carbocycles. The SMILES string of the molecule is CCCC(CCC)S(=O)(=O)C[C@H](NC(=O)COc1ccccc1)C(N)=O. The van der Waals surface area contributed by atoms with E-state index >= 15 is 0 Å². The second-order valence-corrected chi connectivity index (χ2v) is 8.48. The largest absolute Gasteiger partial charge is 0.484 e. The topological polar surface area (TPSA) is 116 Å². The fourth-order valence-corrected chi connectivity index (χ4v) is 4.79. The summed E-state index contributed by atoms with van der Waals surface area (Å²) in [5, 5.41) is 1.83. The number of rotatable bonds is 12. The molecule has 3 N–H and O–H groups in total. The molecule has 2 amide bonds. The van der Waals surface area contributed by atoms with Gasteiger partial charge >= 0.3 is 0 Å². The zero-order valence-corrected chi connectivity index (χ0v) is 16.1. The molecule has 1 aromatic rings. The number of sulfone groups is 1. The molecule has 26 heavy (non-hydrogen) atoms. The van der Waals surface area contributed by atoms with Crippen molar-refractivity contribution in [3.8, 4) is 5.75 Å². The van der Waals surface area contributed by atoms with E-state index in [9.17, 15) is 18.0 Å². The average Bonchev–Trinajstić information content (AvgIpc) is 2.60. The Morgan fingerprint density at radius 1 is 1.12 bits per heavy atom. The Balaban J connectivity index is 2.69. The fraction of sp³-hybridized carbons (Fsp3) is 0.556. The van der Waals surface area contributed by atoms with Gasteiger partial charge in [-0.3, -0.25) is 9.59 Å². The first-order valence-corrected chi connectivity index (χ1v) is 10.5. The number of hydrogen-bond acceptors (Lipinski definition) is 5. The highest BCUT2D eigenvalue weighted by molar-refractivity contribution is 7.92. The normalized spacial score (nSPS) is 12.6. The van der Waals surface area contributed by atoms with Crippen molar-refractivity contribution < 1.29 is 22.7 Å². The Morgan fingerprint density at radius 3 is 2.19 bits per heavy atom. The molecule has 0 aliphatic heterocycles. The first kappa shape index (κ1) is 22.0. The maximum atomic E-state index is 12.6. The molecule has 0 spiro atoms. The molecule has 0 bridgehead atoms. The minimum absolute atomic E-state index is 0.332. The van der Waals surface area contributed by atoms with Crippen LogP contribution in [0, 0.1) is 0 Å². The lowest BCUT2D eigenvalue weighted by molar-refractivity contribution is -0.128. The Morgan fingerprint density at radius 2 is 1.69 bits per heavy atom. The number of primary amides is 1. The van der Waals surface area contributed by atoms with Crippen LogP contribution >= 0.6 is 0 Å². The Kier molecular flexibility index (Phi) is 9.12. The van der Waals surface area contributed by atoms with E-state index in [2.05, 4.69) is 5.32 Å². The van der Waals surface area contributed by atoms with E-state index in [1.54, 1.807) is 24.3 Å². The molecule has 146 valence electrons. The van der Waals surface area contributed by atoms with Crippen LogP contribution in [0.4, 0.5) is 0 Å². The Bertz CT molecular complexity index is 670. The smallest absolute Gasteiger partial charge is 0.258 e. The van der Waals surface area contributed by atoms with E-state index < -0.39 is 38.7 Å². The zero-order valence-electron chi connectivity index (χ0n) is 15.3. The molecule has 0 aromatic heterocycles. The second kappa shape index (κ2) is 10.8. The van der Waals surface area contributed by atoms with E-state index in [1.165, 1.54) is 0 Å². The monoisotopic (exact) mass is 384 g/mol. The minimum atomic E-state index is -3.56. The van der Waals surface area contributed by atoms with E-state index in [-0.39, 0.29) is 6.61 Å². The molecule has 0 heterocycles. The summed E-state index contributed by atoms with van der Waals surface area (Å²) in [7, 11) is -3.56. The van der Waals surface area contributed by atoms with Gasteiger partial charge in [0, 0.05) is 0 Å². The van der Waals surface area contributed by atoms with Crippen LogP contribution in [0.2, 0.25) is 0 Å². The number of nitrogens with one attached hydrogen (secondary N) is 1. The molecule has 0 saturated heterocycles. The number of nitrogens with two attached hydrogens (primary N) is 1. The van der Waals surface area contributed by atoms with Gasteiger partial charge in [-0.2, -0.15) is 0 Å². The third-order valence-electron chi connectivity index (χ3n) is 3.92. The fourth-order valence-electron chi connectivity index (χ4n) is 2.61. The van der Waals surface area contributed by atoms with Crippen LogP contribution in [-0.4, -0.2) is 43.9 Å². The Labute approximate surface area is 155 Å². The number of amides is 2. The summed E-state index contributed by atoms with van der Waals surface area (Å²) in [6.07, 6.45) is 2.49. The second-order valence-electron chi connectivity index (χ2n) is 6.15. The summed E-state index contributed by atoms with van der Waals surface area (Å²) in [6, 6.07) is 7.42. The van der Waals surface area contributed by atoms with Crippen molar-refractivity contribution in [2.24, 2.45) is 5.73 Å². The van der Waals surface area contributed by atoms with Crippen molar-refractivity contribution in [3.63, 3.8) is 0 Å². The molecule has 0 unspecified atom stereocenters. The van der Waals surface area contributed by atoms with Crippen LogP contribution in [-0.2, 0) is 19.4 Å². The third kappa shape index (κ3) is 7.43. The molecule has 0 aliphatic rings. The van der Waals surface area contributed by atoms with Gasteiger partial charge in [-0.15, -0.1) is 0 Å². The number of benzene rings is 1. The first-order chi connectivity index (χ1) is 12.3. The molecule has 0 saturated carbocycles. The molecule has 0 fully saturated rings. The van der Waals surface area contributed by atoms with Gasteiger partial charge in [0.2, 0.25) is 5.91 Å². The first-order valence-electron chi connectivity index (χ1n) is 8.78. The van der Waals surface area contributed by atoms with Crippen LogP contribution in [0.15, 0.2) is 30.3 Å². The van der Waals surface area contributed by atoms with Crippen LogP contribution in [0.5, 0.6) is 5.75 Å². The van der Waals surface area contributed by atoms with Gasteiger partial charge in [0.15, 0.2) is 16.4 Å². The lowest BCUT2D eigenvalue weighted by Gasteiger charge is -2.21. The third-order valence-corrected chi connectivity index (χ3v) is 6.21. The average molecular weight is 384 g/mol. The highest BCUT2D eigenvalue weighted by Crippen LogP contribution is 2.16. The van der Waals surface area contributed by atoms with Gasteiger partial charge < -0.3 is 15.8 Å². The van der Waals surface area contributed by atoms with Crippen molar-refractivity contribution in [1.82, 2.24) is 5.32 Å². The van der Waals surface area contributed by atoms with Crippen molar-refractivity contribution in [2.75, 3.05) is 12.4 Å². The summed E-state index contributed by atoms with van der Waals surface area (Å²) in [6.45, 7) is 3.49. The number of para-hydroxylation sites is 1. The standard InChI is InChI=1S/C18H28N2O5S/c1-3-8-15(9-4-2)26(23,24)13-16(18(19)22)20-17(21)12-25-14-10-6-5-7-11-14/h5-7,10-11,15-16H,3-4,8-9,12-13H2,1-2H3,(H2,19,22)(H,20,21)/t16-/m0/s1. The molecular formula is C18H28N2O5S. The van der Waals surface area contributed by atoms with Crippen LogP contribution in [0.1, 0.15) is 39.5 Å². The summed E-state index contributed by atoms with van der Waals surface area (Å²) >= 11 is 0. The van der Waals surface area contributed by atoms with E-state index in [4.69, 9.17) is 10.5 Å².